The Bertz CT molecular complexity index is 1190. The molecule has 5 nitrogen and oxygen atoms in total. The molecule has 164 valence electrons. The lowest BCUT2D eigenvalue weighted by molar-refractivity contribution is 0.0464. The highest BCUT2D eigenvalue weighted by Gasteiger charge is 2.14. The number of carbonyl (C=O) groups is 1. The predicted octanol–water partition coefficient (Wildman–Crippen LogP) is 6.28. The number of nitrogens with zero attached hydrogens (tertiary/aromatic N) is 2. The molecule has 2 heterocycles. The zero-order valence-electron chi connectivity index (χ0n) is 17.1. The van der Waals surface area contributed by atoms with Crippen molar-refractivity contribution in [2.45, 2.75) is 30.8 Å². The summed E-state index contributed by atoms with van der Waals surface area (Å²) in [7, 11) is 0. The molecule has 2 aromatic heterocycles. The van der Waals surface area contributed by atoms with Crippen LogP contribution in [-0.4, -0.2) is 15.9 Å². The molecule has 9 heteroatoms. The largest absolute Gasteiger partial charge is 0.486 e. The molecule has 32 heavy (non-hydrogen) atoms. The first kappa shape index (κ1) is 22.4. The van der Waals surface area contributed by atoms with Gasteiger partial charge >= 0.3 is 5.97 Å². The van der Waals surface area contributed by atoms with Gasteiger partial charge in [0.1, 0.15) is 29.8 Å². The van der Waals surface area contributed by atoms with Crippen molar-refractivity contribution in [3.8, 4) is 5.75 Å². The maximum absolute atomic E-state index is 13.0. The molecule has 0 radical (unpaired) electrons. The van der Waals surface area contributed by atoms with Crippen molar-refractivity contribution in [1.29, 1.82) is 0 Å². The number of carbonyl (C=O) groups excluding carboxylic acids is 1. The second kappa shape index (κ2) is 10.7. The first-order valence-electron chi connectivity index (χ1n) is 9.68. The lowest BCUT2D eigenvalue weighted by Gasteiger charge is -2.08. The second-order valence-electron chi connectivity index (χ2n) is 6.69. The average Bonchev–Trinajstić information content (AvgIpc) is 3.44. The third-order valence-corrected chi connectivity index (χ3v) is 7.08. The normalized spacial score (nSPS) is 10.8. The number of thioether (sulfide) groups is 1. The lowest BCUT2D eigenvalue weighted by atomic mass is 10.2. The van der Waals surface area contributed by atoms with Crippen LogP contribution in [0.4, 0.5) is 4.39 Å². The summed E-state index contributed by atoms with van der Waals surface area (Å²) in [5.41, 5.74) is 2.18. The molecule has 0 aliphatic rings. The molecule has 0 aliphatic carbocycles. The molecule has 0 saturated carbocycles. The molecule has 4 aromatic rings. The van der Waals surface area contributed by atoms with Crippen molar-refractivity contribution >= 4 is 40.4 Å². The lowest BCUT2D eigenvalue weighted by Crippen LogP contribution is -2.07. The summed E-state index contributed by atoms with van der Waals surface area (Å²) in [6.07, 6.45) is 0. The Morgan fingerprint density at radius 3 is 2.56 bits per heavy atom. The van der Waals surface area contributed by atoms with Crippen molar-refractivity contribution in [1.82, 2.24) is 9.97 Å². The van der Waals surface area contributed by atoms with Crippen molar-refractivity contribution in [2.24, 2.45) is 0 Å². The van der Waals surface area contributed by atoms with Gasteiger partial charge in [-0.3, -0.25) is 0 Å². The predicted molar refractivity (Wildman–Crippen MR) is 125 cm³/mol. The number of esters is 1. The molecule has 0 amide bonds. The van der Waals surface area contributed by atoms with Crippen LogP contribution < -0.4 is 4.74 Å². The highest BCUT2D eigenvalue weighted by atomic mass is 32.2. The van der Waals surface area contributed by atoms with E-state index in [-0.39, 0.29) is 25.0 Å². The first-order chi connectivity index (χ1) is 15.6. The molecular weight excluding hydrogens is 467 g/mol. The first-order valence-corrected chi connectivity index (χ1v) is 12.4. The Morgan fingerprint density at radius 1 is 1.00 bits per heavy atom. The third-order valence-electron chi connectivity index (χ3n) is 4.28. The van der Waals surface area contributed by atoms with Crippen LogP contribution in [0.5, 0.6) is 5.75 Å². The van der Waals surface area contributed by atoms with Gasteiger partial charge in [0, 0.05) is 21.4 Å². The van der Waals surface area contributed by atoms with Gasteiger partial charge < -0.3 is 9.47 Å². The minimum atomic E-state index is -0.389. The highest BCUT2D eigenvalue weighted by molar-refractivity contribution is 7.98. The van der Waals surface area contributed by atoms with Gasteiger partial charge in [0.05, 0.1) is 22.0 Å². The second-order valence-corrected chi connectivity index (χ2v) is 9.72. The van der Waals surface area contributed by atoms with Crippen LogP contribution in [0.3, 0.4) is 0 Å². The fraction of sp³-hybridized carbons (Fsp3) is 0.174. The average molecular weight is 487 g/mol. The topological polar surface area (TPSA) is 61.3 Å². The van der Waals surface area contributed by atoms with Crippen LogP contribution in [0.1, 0.15) is 31.8 Å². The molecule has 0 aliphatic heterocycles. The summed E-state index contributed by atoms with van der Waals surface area (Å²) in [5.74, 6) is 0.558. The fourth-order valence-corrected chi connectivity index (χ4v) is 5.10. The van der Waals surface area contributed by atoms with Gasteiger partial charge in [0.15, 0.2) is 0 Å². The van der Waals surface area contributed by atoms with E-state index in [1.54, 1.807) is 41.3 Å². The van der Waals surface area contributed by atoms with Gasteiger partial charge in [0.25, 0.3) is 0 Å². The minimum absolute atomic E-state index is 0.0795. The number of aromatic nitrogens is 2. The van der Waals surface area contributed by atoms with Gasteiger partial charge in [-0.05, 0) is 43.3 Å². The van der Waals surface area contributed by atoms with Gasteiger partial charge in [-0.2, -0.15) is 0 Å². The summed E-state index contributed by atoms with van der Waals surface area (Å²) < 4.78 is 24.1. The molecule has 0 N–H and O–H groups in total. The van der Waals surface area contributed by atoms with Crippen LogP contribution in [0.15, 0.2) is 64.2 Å². The summed E-state index contributed by atoms with van der Waals surface area (Å²) >= 11 is 4.60. The van der Waals surface area contributed by atoms with Crippen molar-refractivity contribution < 1.29 is 18.7 Å². The maximum atomic E-state index is 13.0. The molecule has 0 spiro atoms. The van der Waals surface area contributed by atoms with E-state index in [4.69, 9.17) is 9.47 Å². The molecule has 0 fully saturated rings. The molecule has 0 unspecified atom stereocenters. The molecule has 0 atom stereocenters. The Hall–Kier alpha value is -2.75. The van der Waals surface area contributed by atoms with E-state index in [1.807, 2.05) is 35.9 Å². The number of hydrogen-bond donors (Lipinski definition) is 0. The van der Waals surface area contributed by atoms with Crippen LogP contribution in [0, 0.1) is 12.7 Å². The molecule has 2 aromatic carbocycles. The minimum Gasteiger partial charge on any atom is -0.486 e. The number of rotatable bonds is 9. The third kappa shape index (κ3) is 6.15. The fourth-order valence-electron chi connectivity index (χ4n) is 2.76. The van der Waals surface area contributed by atoms with Gasteiger partial charge in [-0.25, -0.2) is 19.2 Å². The smallest absolute Gasteiger partial charge is 0.339 e. The monoisotopic (exact) mass is 486 g/mol. The Kier molecular flexibility index (Phi) is 7.51. The van der Waals surface area contributed by atoms with E-state index < -0.39 is 0 Å². The summed E-state index contributed by atoms with van der Waals surface area (Å²) in [6, 6.07) is 13.2. The van der Waals surface area contributed by atoms with E-state index in [1.165, 1.54) is 23.5 Å². The van der Waals surface area contributed by atoms with Crippen LogP contribution >= 0.6 is 34.4 Å². The number of hydrogen-bond acceptors (Lipinski definition) is 8. The number of benzene rings is 2. The SMILES string of the molecule is Cc1nc(CSc2ccccc2C(=O)OCc2csc(COc3ccc(F)cc3)n2)cs1. The van der Waals surface area contributed by atoms with Crippen molar-refractivity contribution in [3.05, 3.63) is 92.1 Å². The van der Waals surface area contributed by atoms with Gasteiger partial charge in [0.2, 0.25) is 0 Å². The molecular formula is C23H19FN2O3S3. The zero-order valence-corrected chi connectivity index (χ0v) is 19.6. The maximum Gasteiger partial charge on any atom is 0.339 e. The number of aryl methyl sites for hydroxylation is 1. The highest BCUT2D eigenvalue weighted by Crippen LogP contribution is 2.27. The van der Waals surface area contributed by atoms with E-state index in [9.17, 15) is 9.18 Å². The number of halogens is 1. The van der Waals surface area contributed by atoms with Crippen molar-refractivity contribution in [2.75, 3.05) is 0 Å². The summed E-state index contributed by atoms with van der Waals surface area (Å²) in [4.78, 5) is 22.4. The number of ether oxygens (including phenoxy) is 2. The van der Waals surface area contributed by atoms with E-state index in [2.05, 4.69) is 9.97 Å². The van der Waals surface area contributed by atoms with Gasteiger partial charge in [-0.15, -0.1) is 34.4 Å². The standard InChI is InChI=1S/C23H19FN2O3S3/c1-15-25-18(13-30-15)14-31-21-5-3-2-4-20(21)23(27)29-10-17-12-32-22(26-17)11-28-19-8-6-16(24)7-9-19/h2-9,12-13H,10-11,14H2,1H3. The van der Waals surface area contributed by atoms with Crippen LogP contribution in [-0.2, 0) is 23.7 Å². The molecule has 0 saturated heterocycles. The van der Waals surface area contributed by atoms with Crippen LogP contribution in [0.2, 0.25) is 0 Å². The van der Waals surface area contributed by atoms with E-state index in [0.717, 1.165) is 20.6 Å². The summed E-state index contributed by atoms with van der Waals surface area (Å²) in [6.45, 7) is 2.32. The van der Waals surface area contributed by atoms with Crippen molar-refractivity contribution in [3.63, 3.8) is 0 Å². The molecule has 4 rings (SSSR count). The zero-order chi connectivity index (χ0) is 22.3. The Balaban J connectivity index is 1.30. The van der Waals surface area contributed by atoms with Crippen LogP contribution in [0.25, 0.3) is 0 Å². The Labute approximate surface area is 197 Å². The van der Waals surface area contributed by atoms with E-state index in [0.29, 0.717) is 22.8 Å². The Morgan fingerprint density at radius 2 is 1.78 bits per heavy atom. The van der Waals surface area contributed by atoms with Gasteiger partial charge in [-0.1, -0.05) is 12.1 Å². The molecule has 0 bridgehead atoms. The number of thiazole rings is 2. The van der Waals surface area contributed by atoms with E-state index >= 15 is 0 Å². The summed E-state index contributed by atoms with van der Waals surface area (Å²) in [5, 5.41) is 5.64. The quantitative estimate of drug-likeness (QED) is 0.205.